The molecule has 3 fully saturated rings. The number of carbonyl (C=O) groups is 1. The first-order chi connectivity index (χ1) is 6.19. The molecule has 15 heavy (non-hydrogen) atoms. The summed E-state index contributed by atoms with van der Waals surface area (Å²) in [4.78, 5) is 12.8. The maximum Gasteiger partial charge on any atom is 0.408 e. The predicted octanol–water partition coefficient (Wildman–Crippen LogP) is 1.82. The molecule has 5 heteroatoms. The van der Waals surface area contributed by atoms with Crippen molar-refractivity contribution in [3.05, 3.63) is 0 Å². The van der Waals surface area contributed by atoms with Crippen molar-refractivity contribution in [1.82, 2.24) is 4.90 Å². The molecule has 0 unspecified atom stereocenters. The van der Waals surface area contributed by atoms with E-state index in [1.165, 1.54) is 0 Å². The molecule has 3 rings (SSSR count). The van der Waals surface area contributed by atoms with E-state index in [-0.39, 0.29) is 29.0 Å². The van der Waals surface area contributed by atoms with Crippen molar-refractivity contribution in [2.75, 3.05) is 0 Å². The fourth-order valence-electron chi connectivity index (χ4n) is 3.25. The van der Waals surface area contributed by atoms with Crippen LogP contribution in [0, 0.1) is 0 Å². The molecule has 0 aromatic heterocycles. The molecule has 3 aliphatic rings. The Balaban J connectivity index is 0.00000112. The van der Waals surface area contributed by atoms with Crippen molar-refractivity contribution < 1.29 is 9.90 Å². The van der Waals surface area contributed by atoms with E-state index in [0.29, 0.717) is 0 Å². The second-order valence-corrected chi connectivity index (χ2v) is 5.91. The Morgan fingerprint density at radius 1 is 1.33 bits per heavy atom. The van der Waals surface area contributed by atoms with Crippen molar-refractivity contribution in [2.24, 2.45) is 5.73 Å². The minimum Gasteiger partial charge on any atom is -0.465 e. The van der Waals surface area contributed by atoms with Crippen LogP contribution in [0.25, 0.3) is 0 Å². The minimum atomic E-state index is -0.820. The molecule has 1 amide bonds. The van der Waals surface area contributed by atoms with Crippen molar-refractivity contribution in [2.45, 2.75) is 56.7 Å². The predicted molar refractivity (Wildman–Crippen MR) is 60.4 cm³/mol. The van der Waals surface area contributed by atoms with Gasteiger partial charge in [0.15, 0.2) is 0 Å². The van der Waals surface area contributed by atoms with Gasteiger partial charge in [0.1, 0.15) is 0 Å². The van der Waals surface area contributed by atoms with E-state index < -0.39 is 6.09 Å². The molecule has 4 nitrogen and oxygen atoms in total. The van der Waals surface area contributed by atoms with Crippen molar-refractivity contribution in [1.29, 1.82) is 0 Å². The summed E-state index contributed by atoms with van der Waals surface area (Å²) in [5.74, 6) is 0. The highest BCUT2D eigenvalue weighted by atomic mass is 35.5. The Labute approximate surface area is 96.2 Å². The first kappa shape index (κ1) is 12.6. The van der Waals surface area contributed by atoms with Gasteiger partial charge >= 0.3 is 6.09 Å². The van der Waals surface area contributed by atoms with Gasteiger partial charge < -0.3 is 10.8 Å². The second-order valence-electron chi connectivity index (χ2n) is 5.91. The fourth-order valence-corrected chi connectivity index (χ4v) is 3.25. The summed E-state index contributed by atoms with van der Waals surface area (Å²) in [5, 5.41) is 9.20. The van der Waals surface area contributed by atoms with Gasteiger partial charge in [0.05, 0.1) is 5.54 Å². The lowest BCUT2D eigenvalue weighted by Gasteiger charge is -2.73. The SMILES string of the molecule is CC(C)(C)N(C(=O)O)C12CC(N)(C1)C2.Cl. The van der Waals surface area contributed by atoms with Gasteiger partial charge in [0.25, 0.3) is 0 Å². The van der Waals surface area contributed by atoms with Crippen LogP contribution in [0.4, 0.5) is 4.79 Å². The molecule has 2 bridgehead atoms. The molecule has 0 heterocycles. The van der Waals surface area contributed by atoms with Crippen LogP contribution < -0.4 is 5.73 Å². The zero-order valence-electron chi connectivity index (χ0n) is 9.41. The summed E-state index contributed by atoms with van der Waals surface area (Å²) < 4.78 is 0. The molecule has 0 spiro atoms. The van der Waals surface area contributed by atoms with E-state index in [0.717, 1.165) is 19.3 Å². The van der Waals surface area contributed by atoms with Crippen molar-refractivity contribution in [3.63, 3.8) is 0 Å². The number of nitrogens with zero attached hydrogens (tertiary/aromatic N) is 1. The molecule has 0 aromatic rings. The minimum absolute atomic E-state index is 0. The second kappa shape index (κ2) is 3.01. The molecule has 0 atom stereocenters. The maximum atomic E-state index is 11.2. The summed E-state index contributed by atoms with van der Waals surface area (Å²) in [6, 6.07) is 0. The molecule has 0 radical (unpaired) electrons. The molecular weight excluding hydrogens is 216 g/mol. The summed E-state index contributed by atoms with van der Waals surface area (Å²) >= 11 is 0. The van der Waals surface area contributed by atoms with Crippen LogP contribution in [0.5, 0.6) is 0 Å². The zero-order chi connectivity index (χ0) is 10.8. The van der Waals surface area contributed by atoms with Crippen LogP contribution in [-0.2, 0) is 0 Å². The topological polar surface area (TPSA) is 66.6 Å². The Morgan fingerprint density at radius 3 is 1.93 bits per heavy atom. The van der Waals surface area contributed by atoms with E-state index in [2.05, 4.69) is 0 Å². The van der Waals surface area contributed by atoms with Gasteiger partial charge in [0.2, 0.25) is 0 Å². The molecule has 3 saturated carbocycles. The van der Waals surface area contributed by atoms with Gasteiger partial charge in [-0.15, -0.1) is 12.4 Å². The van der Waals surface area contributed by atoms with E-state index in [9.17, 15) is 9.90 Å². The number of hydrogen-bond donors (Lipinski definition) is 2. The first-order valence-corrected chi connectivity index (χ1v) is 5.01. The fraction of sp³-hybridized carbons (Fsp3) is 0.900. The lowest BCUT2D eigenvalue weighted by molar-refractivity contribution is -0.172. The van der Waals surface area contributed by atoms with Crippen LogP contribution >= 0.6 is 12.4 Å². The molecule has 3 N–H and O–H groups in total. The van der Waals surface area contributed by atoms with Gasteiger partial charge in [-0.3, -0.25) is 4.90 Å². The highest BCUT2D eigenvalue weighted by molar-refractivity contribution is 5.85. The summed E-state index contributed by atoms with van der Waals surface area (Å²) in [7, 11) is 0. The van der Waals surface area contributed by atoms with E-state index in [4.69, 9.17) is 5.73 Å². The summed E-state index contributed by atoms with van der Waals surface area (Å²) in [5.41, 5.74) is 5.43. The molecule has 0 aliphatic heterocycles. The van der Waals surface area contributed by atoms with Gasteiger partial charge in [-0.05, 0) is 40.0 Å². The Bertz CT molecular complexity index is 279. The molecule has 0 aromatic carbocycles. The quantitative estimate of drug-likeness (QED) is 0.727. The van der Waals surface area contributed by atoms with Crippen LogP contribution in [0.3, 0.4) is 0 Å². The average Bonchev–Trinajstić information content (AvgIpc) is 1.76. The van der Waals surface area contributed by atoms with Crippen LogP contribution in [0.1, 0.15) is 40.0 Å². The van der Waals surface area contributed by atoms with E-state index in [1.54, 1.807) is 4.90 Å². The lowest BCUT2D eigenvalue weighted by atomic mass is 9.43. The van der Waals surface area contributed by atoms with Crippen LogP contribution in [-0.4, -0.2) is 32.7 Å². The van der Waals surface area contributed by atoms with Crippen LogP contribution in [0.15, 0.2) is 0 Å². The molecule has 3 aliphatic carbocycles. The number of hydrogen-bond acceptors (Lipinski definition) is 2. The van der Waals surface area contributed by atoms with E-state index in [1.807, 2.05) is 20.8 Å². The number of halogens is 1. The number of rotatable bonds is 1. The van der Waals surface area contributed by atoms with Gasteiger partial charge in [0, 0.05) is 11.1 Å². The van der Waals surface area contributed by atoms with Gasteiger partial charge in [-0.2, -0.15) is 0 Å². The third-order valence-corrected chi connectivity index (χ3v) is 3.38. The third kappa shape index (κ3) is 1.60. The zero-order valence-corrected chi connectivity index (χ0v) is 10.2. The normalized spacial score (nSPS) is 37.1. The Morgan fingerprint density at radius 2 is 1.73 bits per heavy atom. The van der Waals surface area contributed by atoms with Crippen molar-refractivity contribution >= 4 is 18.5 Å². The van der Waals surface area contributed by atoms with Crippen molar-refractivity contribution in [3.8, 4) is 0 Å². The Hall–Kier alpha value is -0.480. The standard InChI is InChI=1S/C10H18N2O2.ClH/c1-8(2,3)12(7(13)14)10-4-9(11,5-10)6-10;/h4-6,11H2,1-3H3,(H,13,14);1H. The summed E-state index contributed by atoms with van der Waals surface area (Å²) in [6.07, 6.45) is 1.69. The smallest absolute Gasteiger partial charge is 0.408 e. The number of carboxylic acid groups (broad SMARTS) is 1. The molecule has 0 saturated heterocycles. The third-order valence-electron chi connectivity index (χ3n) is 3.38. The number of nitrogens with two attached hydrogens (primary N) is 1. The van der Waals surface area contributed by atoms with E-state index >= 15 is 0 Å². The maximum absolute atomic E-state index is 11.2. The summed E-state index contributed by atoms with van der Waals surface area (Å²) in [6.45, 7) is 5.81. The number of amides is 1. The monoisotopic (exact) mass is 234 g/mol. The van der Waals surface area contributed by atoms with Gasteiger partial charge in [-0.1, -0.05) is 0 Å². The first-order valence-electron chi connectivity index (χ1n) is 5.01. The van der Waals surface area contributed by atoms with Gasteiger partial charge in [-0.25, -0.2) is 4.79 Å². The molecular formula is C10H19ClN2O2. The largest absolute Gasteiger partial charge is 0.465 e. The Kier molecular flexibility index (Phi) is 2.53. The lowest BCUT2D eigenvalue weighted by Crippen LogP contribution is -2.84. The van der Waals surface area contributed by atoms with Crippen LogP contribution in [0.2, 0.25) is 0 Å². The highest BCUT2D eigenvalue weighted by Crippen LogP contribution is 2.63. The molecule has 88 valence electrons. The average molecular weight is 235 g/mol. The highest BCUT2D eigenvalue weighted by Gasteiger charge is 2.71.